The molecular weight excluding hydrogens is 228 g/mol. The number of hydrogen-bond acceptors (Lipinski definition) is 2. The van der Waals surface area contributed by atoms with E-state index in [2.05, 4.69) is 20.6 Å². The predicted molar refractivity (Wildman–Crippen MR) is 71.3 cm³/mol. The maximum atomic E-state index is 11.5. The van der Waals surface area contributed by atoms with Gasteiger partial charge in [0.05, 0.1) is 18.2 Å². The molecule has 2 rings (SSSR count). The Labute approximate surface area is 106 Å². The molecular formula is C13H16N4O. The van der Waals surface area contributed by atoms with E-state index in [9.17, 15) is 4.79 Å². The zero-order valence-electron chi connectivity index (χ0n) is 10.4. The van der Waals surface area contributed by atoms with Crippen LogP contribution in [-0.4, -0.2) is 22.0 Å². The van der Waals surface area contributed by atoms with Crippen LogP contribution in [0, 0.1) is 0 Å². The van der Waals surface area contributed by atoms with Crippen molar-refractivity contribution < 1.29 is 4.79 Å². The lowest BCUT2D eigenvalue weighted by Gasteiger charge is -2.10. The number of benzene rings is 1. The number of hydrogen-bond donors (Lipinski definition) is 3. The largest absolute Gasteiger partial charge is 0.345 e. The molecule has 0 unspecified atom stereocenters. The summed E-state index contributed by atoms with van der Waals surface area (Å²) < 4.78 is 0. The SMILES string of the molecule is CC(C)NC(=O)Nc1ccc(-c2cnc[nH]2)cc1. The summed E-state index contributed by atoms with van der Waals surface area (Å²) in [6.07, 6.45) is 3.39. The monoisotopic (exact) mass is 244 g/mol. The Hall–Kier alpha value is -2.30. The summed E-state index contributed by atoms with van der Waals surface area (Å²) in [5.41, 5.74) is 2.74. The second-order valence-electron chi connectivity index (χ2n) is 4.30. The fourth-order valence-corrected chi connectivity index (χ4v) is 1.58. The van der Waals surface area contributed by atoms with Gasteiger partial charge in [-0.05, 0) is 31.5 Å². The second kappa shape index (κ2) is 5.35. The van der Waals surface area contributed by atoms with E-state index < -0.39 is 0 Å². The first-order chi connectivity index (χ1) is 8.65. The molecule has 0 spiro atoms. The van der Waals surface area contributed by atoms with Crippen molar-refractivity contribution in [2.75, 3.05) is 5.32 Å². The van der Waals surface area contributed by atoms with E-state index in [1.807, 2.05) is 38.1 Å². The van der Waals surface area contributed by atoms with Crippen LogP contribution in [0.1, 0.15) is 13.8 Å². The van der Waals surface area contributed by atoms with Crippen LogP contribution in [0.4, 0.5) is 10.5 Å². The van der Waals surface area contributed by atoms with Gasteiger partial charge in [0, 0.05) is 11.7 Å². The predicted octanol–water partition coefficient (Wildman–Crippen LogP) is 2.61. The molecule has 0 aliphatic heterocycles. The lowest BCUT2D eigenvalue weighted by molar-refractivity contribution is 0.250. The molecule has 3 N–H and O–H groups in total. The highest BCUT2D eigenvalue weighted by Gasteiger charge is 2.03. The van der Waals surface area contributed by atoms with Crippen LogP contribution < -0.4 is 10.6 Å². The van der Waals surface area contributed by atoms with Crippen LogP contribution >= 0.6 is 0 Å². The average molecular weight is 244 g/mol. The Morgan fingerprint density at radius 2 is 2.00 bits per heavy atom. The average Bonchev–Trinajstić information content (AvgIpc) is 2.82. The van der Waals surface area contributed by atoms with E-state index in [1.165, 1.54) is 0 Å². The Balaban J connectivity index is 2.02. The number of anilines is 1. The van der Waals surface area contributed by atoms with E-state index in [4.69, 9.17) is 0 Å². The molecule has 5 heteroatoms. The molecule has 0 radical (unpaired) electrons. The molecule has 2 aromatic rings. The van der Waals surface area contributed by atoms with Crippen LogP contribution in [0.15, 0.2) is 36.8 Å². The van der Waals surface area contributed by atoms with Crippen LogP contribution in [0.3, 0.4) is 0 Å². The van der Waals surface area contributed by atoms with Crippen molar-refractivity contribution in [2.45, 2.75) is 19.9 Å². The maximum absolute atomic E-state index is 11.5. The van der Waals surface area contributed by atoms with Gasteiger partial charge in [-0.1, -0.05) is 12.1 Å². The first-order valence-electron chi connectivity index (χ1n) is 5.81. The summed E-state index contributed by atoms with van der Waals surface area (Å²) in [6, 6.07) is 7.50. The Morgan fingerprint density at radius 1 is 1.28 bits per heavy atom. The number of aromatic nitrogens is 2. The molecule has 2 amide bonds. The Morgan fingerprint density at radius 3 is 2.56 bits per heavy atom. The van der Waals surface area contributed by atoms with E-state index in [-0.39, 0.29) is 12.1 Å². The molecule has 0 saturated heterocycles. The van der Waals surface area contributed by atoms with Gasteiger partial charge in [0.15, 0.2) is 0 Å². The summed E-state index contributed by atoms with van der Waals surface area (Å²) in [5, 5.41) is 5.54. The van der Waals surface area contributed by atoms with Gasteiger partial charge in [0.25, 0.3) is 0 Å². The van der Waals surface area contributed by atoms with Crippen molar-refractivity contribution in [3.8, 4) is 11.3 Å². The molecule has 1 aromatic carbocycles. The minimum absolute atomic E-state index is 0.120. The molecule has 0 saturated carbocycles. The van der Waals surface area contributed by atoms with Crippen LogP contribution in [0.2, 0.25) is 0 Å². The van der Waals surface area contributed by atoms with Gasteiger partial charge < -0.3 is 15.6 Å². The third-order valence-corrected chi connectivity index (χ3v) is 2.37. The fourth-order valence-electron chi connectivity index (χ4n) is 1.58. The van der Waals surface area contributed by atoms with Crippen LogP contribution in [-0.2, 0) is 0 Å². The minimum atomic E-state index is -0.195. The molecule has 0 bridgehead atoms. The Bertz CT molecular complexity index is 502. The molecule has 0 atom stereocenters. The van der Waals surface area contributed by atoms with Crippen molar-refractivity contribution in [3.63, 3.8) is 0 Å². The summed E-state index contributed by atoms with van der Waals surface area (Å²) >= 11 is 0. The number of carbonyl (C=O) groups is 1. The topological polar surface area (TPSA) is 69.8 Å². The van der Waals surface area contributed by atoms with Crippen molar-refractivity contribution >= 4 is 11.7 Å². The van der Waals surface area contributed by atoms with Crippen molar-refractivity contribution in [3.05, 3.63) is 36.8 Å². The third-order valence-electron chi connectivity index (χ3n) is 2.37. The molecule has 1 aromatic heterocycles. The molecule has 0 aliphatic carbocycles. The maximum Gasteiger partial charge on any atom is 0.319 e. The number of H-pyrrole nitrogens is 1. The first kappa shape index (κ1) is 12.2. The van der Waals surface area contributed by atoms with E-state index in [1.54, 1.807) is 12.5 Å². The number of aromatic amines is 1. The quantitative estimate of drug-likeness (QED) is 0.776. The fraction of sp³-hybridized carbons (Fsp3) is 0.231. The normalized spacial score (nSPS) is 10.4. The zero-order chi connectivity index (χ0) is 13.0. The summed E-state index contributed by atoms with van der Waals surface area (Å²) in [6.45, 7) is 3.84. The molecule has 1 heterocycles. The van der Waals surface area contributed by atoms with Gasteiger partial charge in [-0.25, -0.2) is 9.78 Å². The van der Waals surface area contributed by atoms with Gasteiger partial charge in [-0.2, -0.15) is 0 Å². The van der Waals surface area contributed by atoms with E-state index in [0.29, 0.717) is 0 Å². The van der Waals surface area contributed by atoms with Crippen molar-refractivity contribution in [1.29, 1.82) is 0 Å². The van der Waals surface area contributed by atoms with Crippen molar-refractivity contribution in [2.24, 2.45) is 0 Å². The van der Waals surface area contributed by atoms with E-state index in [0.717, 1.165) is 16.9 Å². The molecule has 5 nitrogen and oxygen atoms in total. The smallest absolute Gasteiger partial charge is 0.319 e. The van der Waals surface area contributed by atoms with Gasteiger partial charge >= 0.3 is 6.03 Å². The Kier molecular flexibility index (Phi) is 3.62. The third kappa shape index (κ3) is 3.10. The standard InChI is InChI=1S/C13H16N4O/c1-9(2)16-13(18)17-11-5-3-10(4-6-11)12-7-14-8-15-12/h3-9H,1-2H3,(H,14,15)(H2,16,17,18). The van der Waals surface area contributed by atoms with Gasteiger partial charge in [-0.15, -0.1) is 0 Å². The molecule has 0 aliphatic rings. The lowest BCUT2D eigenvalue weighted by atomic mass is 10.1. The molecule has 94 valence electrons. The summed E-state index contributed by atoms with van der Waals surface area (Å²) in [5.74, 6) is 0. The molecule has 18 heavy (non-hydrogen) atoms. The molecule has 0 fully saturated rings. The van der Waals surface area contributed by atoms with E-state index >= 15 is 0 Å². The minimum Gasteiger partial charge on any atom is -0.345 e. The highest BCUT2D eigenvalue weighted by molar-refractivity contribution is 5.89. The van der Waals surface area contributed by atoms with Crippen LogP contribution in [0.5, 0.6) is 0 Å². The highest BCUT2D eigenvalue weighted by atomic mass is 16.2. The highest BCUT2D eigenvalue weighted by Crippen LogP contribution is 2.18. The van der Waals surface area contributed by atoms with Crippen LogP contribution in [0.25, 0.3) is 11.3 Å². The number of urea groups is 1. The number of rotatable bonds is 3. The summed E-state index contributed by atoms with van der Waals surface area (Å²) in [4.78, 5) is 18.5. The first-order valence-corrected chi connectivity index (χ1v) is 5.81. The summed E-state index contributed by atoms with van der Waals surface area (Å²) in [7, 11) is 0. The van der Waals surface area contributed by atoms with Gasteiger partial charge in [-0.3, -0.25) is 0 Å². The number of nitrogens with zero attached hydrogens (tertiary/aromatic N) is 1. The van der Waals surface area contributed by atoms with Gasteiger partial charge in [0.2, 0.25) is 0 Å². The van der Waals surface area contributed by atoms with Crippen molar-refractivity contribution in [1.82, 2.24) is 15.3 Å². The number of nitrogens with one attached hydrogen (secondary N) is 3. The number of imidazole rings is 1. The number of amides is 2. The lowest BCUT2D eigenvalue weighted by Crippen LogP contribution is -2.34. The second-order valence-corrected chi connectivity index (χ2v) is 4.30. The zero-order valence-corrected chi connectivity index (χ0v) is 10.4. The van der Waals surface area contributed by atoms with Gasteiger partial charge in [0.1, 0.15) is 0 Å². The number of carbonyl (C=O) groups excluding carboxylic acids is 1.